The maximum Gasteiger partial charge on any atom is 0.119 e. The van der Waals surface area contributed by atoms with Gasteiger partial charge in [-0.25, -0.2) is 0 Å². The number of hydrogen-bond donors (Lipinski definition) is 1. The third kappa shape index (κ3) is 4.05. The third-order valence-electron chi connectivity index (χ3n) is 3.67. The fraction of sp³-hybridized carbons (Fsp3) is 0.412. The molecule has 0 bridgehead atoms. The van der Waals surface area contributed by atoms with Crippen molar-refractivity contribution in [3.05, 3.63) is 47.4 Å². The molecule has 1 aromatic heterocycles. The van der Waals surface area contributed by atoms with Crippen LogP contribution in [0.1, 0.15) is 29.9 Å². The molecule has 0 unspecified atom stereocenters. The van der Waals surface area contributed by atoms with Crippen molar-refractivity contribution < 1.29 is 9.15 Å². The van der Waals surface area contributed by atoms with E-state index in [2.05, 4.69) is 29.8 Å². The molecule has 1 aliphatic rings. The Labute approximate surface area is 130 Å². The molecule has 2 aromatic rings. The average molecular weight is 303 g/mol. The minimum atomic E-state index is 0.553. The van der Waals surface area contributed by atoms with Crippen molar-refractivity contribution in [2.45, 2.75) is 43.9 Å². The number of rotatable bonds is 7. The van der Waals surface area contributed by atoms with Gasteiger partial charge in [0.2, 0.25) is 0 Å². The van der Waals surface area contributed by atoms with Crippen molar-refractivity contribution in [1.29, 1.82) is 0 Å². The lowest BCUT2D eigenvalue weighted by Crippen LogP contribution is -2.14. The zero-order valence-corrected chi connectivity index (χ0v) is 13.3. The van der Waals surface area contributed by atoms with E-state index in [-0.39, 0.29) is 0 Å². The van der Waals surface area contributed by atoms with Crippen LogP contribution >= 0.6 is 11.8 Å². The number of nitrogens with one attached hydrogen (secondary N) is 1. The van der Waals surface area contributed by atoms with Crippen molar-refractivity contribution in [1.82, 2.24) is 5.32 Å². The van der Waals surface area contributed by atoms with Crippen LogP contribution in [0.25, 0.3) is 0 Å². The van der Waals surface area contributed by atoms with E-state index < -0.39 is 0 Å². The Hall–Kier alpha value is -1.39. The van der Waals surface area contributed by atoms with E-state index in [0.717, 1.165) is 29.4 Å². The summed E-state index contributed by atoms with van der Waals surface area (Å²) in [6.07, 6.45) is 4.66. The van der Waals surface area contributed by atoms with Crippen molar-refractivity contribution in [3.63, 3.8) is 0 Å². The quantitative estimate of drug-likeness (QED) is 0.780. The molecule has 112 valence electrons. The van der Waals surface area contributed by atoms with Gasteiger partial charge in [-0.1, -0.05) is 0 Å². The topological polar surface area (TPSA) is 34.4 Å². The highest BCUT2D eigenvalue weighted by Crippen LogP contribution is 2.23. The van der Waals surface area contributed by atoms with Crippen LogP contribution in [0, 0.1) is 6.92 Å². The zero-order chi connectivity index (χ0) is 14.7. The Morgan fingerprint density at radius 3 is 2.71 bits per heavy atom. The minimum Gasteiger partial charge on any atom is -0.489 e. The average Bonchev–Trinajstić information content (AvgIpc) is 3.27. The van der Waals surface area contributed by atoms with E-state index in [1.807, 2.05) is 19.1 Å². The summed E-state index contributed by atoms with van der Waals surface area (Å²) < 4.78 is 11.6. The number of aryl methyl sites for hydroxylation is 1. The van der Waals surface area contributed by atoms with E-state index in [9.17, 15) is 0 Å². The molecule has 3 rings (SSSR count). The summed E-state index contributed by atoms with van der Waals surface area (Å²) in [5.74, 6) is 2.84. The van der Waals surface area contributed by atoms with Crippen molar-refractivity contribution in [2.75, 3.05) is 6.26 Å². The van der Waals surface area contributed by atoms with Gasteiger partial charge in [-0.05, 0) is 56.4 Å². The summed E-state index contributed by atoms with van der Waals surface area (Å²) in [5.41, 5.74) is 1.12. The van der Waals surface area contributed by atoms with Gasteiger partial charge >= 0.3 is 0 Å². The predicted octanol–water partition coefficient (Wildman–Crippen LogP) is 4.14. The Kier molecular flexibility index (Phi) is 4.56. The molecule has 1 aliphatic carbocycles. The molecule has 0 saturated heterocycles. The van der Waals surface area contributed by atoms with Crippen LogP contribution < -0.4 is 10.1 Å². The summed E-state index contributed by atoms with van der Waals surface area (Å²) >= 11 is 1.73. The fourth-order valence-corrected chi connectivity index (χ4v) is 2.59. The molecule has 0 aliphatic heterocycles. The van der Waals surface area contributed by atoms with Crippen LogP contribution in [0.3, 0.4) is 0 Å². The smallest absolute Gasteiger partial charge is 0.119 e. The summed E-state index contributed by atoms with van der Waals surface area (Å²) in [7, 11) is 0. The molecule has 4 heteroatoms. The van der Waals surface area contributed by atoms with Gasteiger partial charge in [-0.3, -0.25) is 0 Å². The van der Waals surface area contributed by atoms with Crippen LogP contribution in [0.15, 0.2) is 39.6 Å². The lowest BCUT2D eigenvalue weighted by molar-refractivity contribution is 0.303. The molecule has 1 saturated carbocycles. The number of thioether (sulfide) groups is 1. The molecule has 1 N–H and O–H groups in total. The third-order valence-corrected chi connectivity index (χ3v) is 4.41. The zero-order valence-electron chi connectivity index (χ0n) is 12.5. The lowest BCUT2D eigenvalue weighted by Gasteiger charge is -2.05. The van der Waals surface area contributed by atoms with E-state index in [1.165, 1.54) is 17.7 Å². The summed E-state index contributed by atoms with van der Waals surface area (Å²) in [5, 5.41) is 3.46. The maximum atomic E-state index is 5.83. The van der Waals surface area contributed by atoms with Gasteiger partial charge in [-0.2, -0.15) is 0 Å². The second-order valence-corrected chi connectivity index (χ2v) is 6.29. The van der Waals surface area contributed by atoms with Crippen LogP contribution in [0.4, 0.5) is 0 Å². The lowest BCUT2D eigenvalue weighted by atomic mass is 10.2. The minimum absolute atomic E-state index is 0.553. The Bertz CT molecular complexity index is 587. The Balaban J connectivity index is 1.55. The molecular formula is C17H21NO2S. The monoisotopic (exact) mass is 303 g/mol. The van der Waals surface area contributed by atoms with Gasteiger partial charge in [0.25, 0.3) is 0 Å². The van der Waals surface area contributed by atoms with Gasteiger partial charge in [0.1, 0.15) is 23.9 Å². The molecule has 0 spiro atoms. The van der Waals surface area contributed by atoms with Gasteiger partial charge in [-0.15, -0.1) is 11.8 Å². The molecule has 1 fully saturated rings. The van der Waals surface area contributed by atoms with Gasteiger partial charge in [0.15, 0.2) is 0 Å². The van der Waals surface area contributed by atoms with E-state index in [1.54, 1.807) is 11.8 Å². The van der Waals surface area contributed by atoms with Crippen molar-refractivity contribution in [2.24, 2.45) is 0 Å². The largest absolute Gasteiger partial charge is 0.489 e. The molecule has 0 amide bonds. The SMILES string of the molecule is CSc1ccc(OCc2cc(CNC3CC3)oc2C)cc1. The van der Waals surface area contributed by atoms with Crippen LogP contribution in [0.2, 0.25) is 0 Å². The predicted molar refractivity (Wildman–Crippen MR) is 85.9 cm³/mol. The fourth-order valence-electron chi connectivity index (χ4n) is 2.18. The Morgan fingerprint density at radius 2 is 2.05 bits per heavy atom. The summed E-state index contributed by atoms with van der Waals surface area (Å²) in [4.78, 5) is 1.25. The molecule has 1 aromatic carbocycles. The standard InChI is InChI=1S/C17H21NO2S/c1-12-13(9-16(20-12)10-18-14-3-4-14)11-19-15-5-7-17(21-2)8-6-15/h5-9,14,18H,3-4,10-11H2,1-2H3. The van der Waals surface area contributed by atoms with Gasteiger partial charge in [0.05, 0.1) is 6.54 Å². The number of ether oxygens (including phenoxy) is 1. The molecule has 1 heterocycles. The summed E-state index contributed by atoms with van der Waals surface area (Å²) in [6, 6.07) is 11.0. The van der Waals surface area contributed by atoms with Crippen LogP contribution in [-0.4, -0.2) is 12.3 Å². The van der Waals surface area contributed by atoms with Crippen molar-refractivity contribution >= 4 is 11.8 Å². The second-order valence-electron chi connectivity index (χ2n) is 5.41. The molecular weight excluding hydrogens is 282 g/mol. The number of furan rings is 1. The first-order valence-corrected chi connectivity index (χ1v) is 8.55. The molecule has 3 nitrogen and oxygen atoms in total. The first-order valence-electron chi connectivity index (χ1n) is 7.33. The maximum absolute atomic E-state index is 5.83. The Morgan fingerprint density at radius 1 is 1.29 bits per heavy atom. The first-order chi connectivity index (χ1) is 10.2. The normalized spacial score (nSPS) is 14.4. The first kappa shape index (κ1) is 14.5. The van der Waals surface area contributed by atoms with Gasteiger partial charge in [0, 0.05) is 16.5 Å². The van der Waals surface area contributed by atoms with E-state index in [0.29, 0.717) is 12.6 Å². The summed E-state index contributed by atoms with van der Waals surface area (Å²) in [6.45, 7) is 3.36. The number of hydrogen-bond acceptors (Lipinski definition) is 4. The van der Waals surface area contributed by atoms with Crippen molar-refractivity contribution in [3.8, 4) is 5.75 Å². The highest BCUT2D eigenvalue weighted by atomic mass is 32.2. The van der Waals surface area contributed by atoms with E-state index >= 15 is 0 Å². The molecule has 21 heavy (non-hydrogen) atoms. The van der Waals surface area contributed by atoms with Crippen LogP contribution in [-0.2, 0) is 13.2 Å². The number of benzene rings is 1. The van der Waals surface area contributed by atoms with E-state index in [4.69, 9.17) is 9.15 Å². The molecule has 0 atom stereocenters. The van der Waals surface area contributed by atoms with Crippen LogP contribution in [0.5, 0.6) is 5.75 Å². The highest BCUT2D eigenvalue weighted by molar-refractivity contribution is 7.98. The highest BCUT2D eigenvalue weighted by Gasteiger charge is 2.20. The second kappa shape index (κ2) is 6.58. The molecule has 0 radical (unpaired) electrons. The van der Waals surface area contributed by atoms with Gasteiger partial charge < -0.3 is 14.5 Å².